The minimum absolute atomic E-state index is 0.0673. The van der Waals surface area contributed by atoms with Gasteiger partial charge in [0.15, 0.2) is 0 Å². The van der Waals surface area contributed by atoms with Crippen molar-refractivity contribution in [3.05, 3.63) is 35.4 Å². The van der Waals surface area contributed by atoms with Gasteiger partial charge in [-0.3, -0.25) is 4.79 Å². The molecule has 0 saturated carbocycles. The number of nitrogens with two attached hydrogens (primary N) is 1. The molecule has 0 unspecified atom stereocenters. The highest BCUT2D eigenvalue weighted by Crippen LogP contribution is 2.05. The second-order valence-electron chi connectivity index (χ2n) is 3.84. The van der Waals surface area contributed by atoms with E-state index in [2.05, 4.69) is 24.4 Å². The summed E-state index contributed by atoms with van der Waals surface area (Å²) in [6.45, 7) is 3.41. The summed E-state index contributed by atoms with van der Waals surface area (Å²) in [4.78, 5) is 11.5. The monoisotopic (exact) mass is 220 g/mol. The van der Waals surface area contributed by atoms with Crippen LogP contribution in [0.15, 0.2) is 24.3 Å². The van der Waals surface area contributed by atoms with Gasteiger partial charge >= 0.3 is 0 Å². The molecule has 0 aliphatic rings. The van der Waals surface area contributed by atoms with E-state index in [9.17, 15) is 4.79 Å². The fourth-order valence-corrected chi connectivity index (χ4v) is 1.47. The summed E-state index contributed by atoms with van der Waals surface area (Å²) in [7, 11) is 0. The van der Waals surface area contributed by atoms with Gasteiger partial charge in [-0.2, -0.15) is 0 Å². The van der Waals surface area contributed by atoms with Gasteiger partial charge in [-0.25, -0.2) is 0 Å². The van der Waals surface area contributed by atoms with E-state index in [0.29, 0.717) is 19.5 Å². The number of hydrogen-bond acceptors (Lipinski definition) is 2. The van der Waals surface area contributed by atoms with Gasteiger partial charge in [-0.1, -0.05) is 31.2 Å². The lowest BCUT2D eigenvalue weighted by Crippen LogP contribution is -2.27. The predicted molar refractivity (Wildman–Crippen MR) is 66.2 cm³/mol. The van der Waals surface area contributed by atoms with Crippen LogP contribution in [0.5, 0.6) is 0 Å². The number of aryl methyl sites for hydroxylation is 1. The molecule has 0 aliphatic heterocycles. The van der Waals surface area contributed by atoms with Crippen LogP contribution in [0.4, 0.5) is 0 Å². The molecule has 1 aromatic rings. The molecule has 1 amide bonds. The third kappa shape index (κ3) is 4.45. The van der Waals surface area contributed by atoms with Crippen molar-refractivity contribution in [2.45, 2.75) is 26.2 Å². The molecule has 3 N–H and O–H groups in total. The quantitative estimate of drug-likeness (QED) is 0.709. The normalized spacial score (nSPS) is 10.1. The number of nitrogens with one attached hydrogen (secondary N) is 1. The highest BCUT2D eigenvalue weighted by Gasteiger charge is 2.02. The van der Waals surface area contributed by atoms with Gasteiger partial charge in [0.1, 0.15) is 0 Å². The molecule has 0 heterocycles. The highest BCUT2D eigenvalue weighted by molar-refractivity contribution is 5.78. The Bertz CT molecular complexity index is 319. The van der Waals surface area contributed by atoms with E-state index in [1.165, 1.54) is 5.56 Å². The Hall–Kier alpha value is -1.35. The number of carbonyl (C=O) groups is 1. The SMILES string of the molecule is CCc1ccc(CC(=O)NCCCN)cc1. The molecule has 0 bridgehead atoms. The first-order valence-electron chi connectivity index (χ1n) is 5.81. The van der Waals surface area contributed by atoms with Crippen LogP contribution >= 0.6 is 0 Å². The molecule has 3 nitrogen and oxygen atoms in total. The Labute approximate surface area is 97.0 Å². The van der Waals surface area contributed by atoms with Gasteiger partial charge in [0.05, 0.1) is 6.42 Å². The van der Waals surface area contributed by atoms with E-state index in [4.69, 9.17) is 5.73 Å². The average Bonchev–Trinajstić information content (AvgIpc) is 2.30. The van der Waals surface area contributed by atoms with E-state index < -0.39 is 0 Å². The summed E-state index contributed by atoms with van der Waals surface area (Å²) in [6.07, 6.45) is 2.32. The van der Waals surface area contributed by atoms with Gasteiger partial charge in [-0.05, 0) is 30.5 Å². The standard InChI is InChI=1S/C13H20N2O/c1-2-11-4-6-12(7-5-11)10-13(16)15-9-3-8-14/h4-7H,2-3,8-10,14H2,1H3,(H,15,16). The Morgan fingerprint density at radius 1 is 1.25 bits per heavy atom. The van der Waals surface area contributed by atoms with Crippen LogP contribution in [0, 0.1) is 0 Å². The Kier molecular flexibility index (Phi) is 5.57. The van der Waals surface area contributed by atoms with Crippen LogP contribution in [-0.4, -0.2) is 19.0 Å². The maximum Gasteiger partial charge on any atom is 0.224 e. The van der Waals surface area contributed by atoms with Gasteiger partial charge < -0.3 is 11.1 Å². The molecule has 0 spiro atoms. The van der Waals surface area contributed by atoms with Crippen molar-refractivity contribution in [3.8, 4) is 0 Å². The first-order chi connectivity index (χ1) is 7.76. The lowest BCUT2D eigenvalue weighted by atomic mass is 10.1. The van der Waals surface area contributed by atoms with Crippen molar-refractivity contribution >= 4 is 5.91 Å². The number of amides is 1. The van der Waals surface area contributed by atoms with Gasteiger partial charge in [0.25, 0.3) is 0 Å². The zero-order valence-electron chi connectivity index (χ0n) is 9.83. The van der Waals surface area contributed by atoms with E-state index >= 15 is 0 Å². The van der Waals surface area contributed by atoms with Crippen molar-refractivity contribution in [1.29, 1.82) is 0 Å². The van der Waals surface area contributed by atoms with Crippen LogP contribution < -0.4 is 11.1 Å². The predicted octanol–water partition coefficient (Wildman–Crippen LogP) is 1.26. The van der Waals surface area contributed by atoms with E-state index in [0.717, 1.165) is 18.4 Å². The third-order valence-electron chi connectivity index (χ3n) is 2.50. The van der Waals surface area contributed by atoms with Crippen molar-refractivity contribution in [3.63, 3.8) is 0 Å². The Morgan fingerprint density at radius 3 is 2.44 bits per heavy atom. The van der Waals surface area contributed by atoms with Crippen LogP contribution in [-0.2, 0) is 17.6 Å². The highest BCUT2D eigenvalue weighted by atomic mass is 16.1. The fraction of sp³-hybridized carbons (Fsp3) is 0.462. The molecular weight excluding hydrogens is 200 g/mol. The van der Waals surface area contributed by atoms with E-state index in [-0.39, 0.29) is 5.91 Å². The third-order valence-corrected chi connectivity index (χ3v) is 2.50. The molecule has 1 aromatic carbocycles. The van der Waals surface area contributed by atoms with Crippen molar-refractivity contribution in [2.75, 3.05) is 13.1 Å². The topological polar surface area (TPSA) is 55.1 Å². The second-order valence-corrected chi connectivity index (χ2v) is 3.84. The first-order valence-corrected chi connectivity index (χ1v) is 5.81. The molecule has 1 rings (SSSR count). The van der Waals surface area contributed by atoms with Crippen molar-refractivity contribution in [1.82, 2.24) is 5.32 Å². The molecule has 0 aliphatic carbocycles. The minimum atomic E-state index is 0.0673. The maximum atomic E-state index is 11.5. The summed E-state index contributed by atoms with van der Waals surface area (Å²) in [5.41, 5.74) is 7.70. The lowest BCUT2D eigenvalue weighted by molar-refractivity contribution is -0.120. The van der Waals surface area contributed by atoms with E-state index in [1.54, 1.807) is 0 Å². The Balaban J connectivity index is 2.37. The van der Waals surface area contributed by atoms with Crippen LogP contribution in [0.3, 0.4) is 0 Å². The number of rotatable bonds is 6. The van der Waals surface area contributed by atoms with Gasteiger partial charge in [0, 0.05) is 6.54 Å². The molecule has 0 radical (unpaired) electrons. The van der Waals surface area contributed by atoms with Gasteiger partial charge in [0.2, 0.25) is 5.91 Å². The molecule has 88 valence electrons. The minimum Gasteiger partial charge on any atom is -0.356 e. The maximum absolute atomic E-state index is 11.5. The van der Waals surface area contributed by atoms with Crippen LogP contribution in [0.25, 0.3) is 0 Å². The average molecular weight is 220 g/mol. The lowest BCUT2D eigenvalue weighted by Gasteiger charge is -2.05. The van der Waals surface area contributed by atoms with Gasteiger partial charge in [-0.15, -0.1) is 0 Å². The molecule has 3 heteroatoms. The number of hydrogen-bond donors (Lipinski definition) is 2. The Morgan fingerprint density at radius 2 is 1.88 bits per heavy atom. The second kappa shape index (κ2) is 7.01. The largest absolute Gasteiger partial charge is 0.356 e. The van der Waals surface area contributed by atoms with Crippen molar-refractivity contribution < 1.29 is 4.79 Å². The summed E-state index contributed by atoms with van der Waals surface area (Å²) < 4.78 is 0. The molecule has 0 atom stereocenters. The number of carbonyl (C=O) groups excluding carboxylic acids is 1. The number of benzene rings is 1. The fourth-order valence-electron chi connectivity index (χ4n) is 1.47. The molecule has 0 saturated heterocycles. The van der Waals surface area contributed by atoms with Crippen LogP contribution in [0.1, 0.15) is 24.5 Å². The molecular formula is C13H20N2O. The van der Waals surface area contributed by atoms with Crippen LogP contribution in [0.2, 0.25) is 0 Å². The molecule has 0 aromatic heterocycles. The van der Waals surface area contributed by atoms with Crippen molar-refractivity contribution in [2.24, 2.45) is 5.73 Å². The molecule has 16 heavy (non-hydrogen) atoms. The summed E-state index contributed by atoms with van der Waals surface area (Å²) in [5.74, 6) is 0.0673. The summed E-state index contributed by atoms with van der Waals surface area (Å²) in [5, 5.41) is 2.84. The zero-order valence-corrected chi connectivity index (χ0v) is 9.83. The summed E-state index contributed by atoms with van der Waals surface area (Å²) >= 11 is 0. The van der Waals surface area contributed by atoms with E-state index in [1.807, 2.05) is 12.1 Å². The smallest absolute Gasteiger partial charge is 0.224 e. The molecule has 0 fully saturated rings. The first kappa shape index (κ1) is 12.7. The summed E-state index contributed by atoms with van der Waals surface area (Å²) in [6, 6.07) is 8.17. The zero-order chi connectivity index (χ0) is 11.8.